The van der Waals surface area contributed by atoms with E-state index in [-0.39, 0.29) is 30.1 Å². The van der Waals surface area contributed by atoms with Gasteiger partial charge in [0.25, 0.3) is 0 Å². The predicted molar refractivity (Wildman–Crippen MR) is 85.1 cm³/mol. The summed E-state index contributed by atoms with van der Waals surface area (Å²) in [5, 5.41) is 9.28. The fourth-order valence-electron chi connectivity index (χ4n) is 2.89. The van der Waals surface area contributed by atoms with Crippen LogP contribution in [0.4, 0.5) is 8.78 Å². The number of carbonyl (C=O) groups is 1. The maximum Gasteiger partial charge on any atom is 0.224 e. The first-order chi connectivity index (χ1) is 11.9. The highest BCUT2D eigenvalue weighted by Crippen LogP contribution is 2.36. The Hall–Kier alpha value is -2.75. The van der Waals surface area contributed by atoms with Gasteiger partial charge in [-0.15, -0.1) is 0 Å². The summed E-state index contributed by atoms with van der Waals surface area (Å²) in [6.45, 7) is 0. The van der Waals surface area contributed by atoms with Crippen molar-refractivity contribution in [1.29, 1.82) is 5.26 Å². The Balaban J connectivity index is 1.64. The molecule has 0 atom stereocenters. The number of nitriles is 1. The van der Waals surface area contributed by atoms with E-state index in [9.17, 15) is 18.8 Å². The summed E-state index contributed by atoms with van der Waals surface area (Å²) >= 11 is 0. The molecular formula is C18H17F2N3O2. The maximum absolute atomic E-state index is 13.8. The van der Waals surface area contributed by atoms with Crippen LogP contribution in [0.15, 0.2) is 28.8 Å². The van der Waals surface area contributed by atoms with Crippen molar-refractivity contribution in [2.24, 2.45) is 0 Å². The standard InChI is InChI=1S/C18H17F2N3O2/c1-23(18(11-21)7-2-8-18)17(24)6-5-16-22-10-15(25-16)13-4-3-12(19)9-14(13)20/h3-4,9-10H,2,5-8H2,1H3. The monoisotopic (exact) mass is 345 g/mol. The molecule has 1 aliphatic carbocycles. The summed E-state index contributed by atoms with van der Waals surface area (Å²) in [7, 11) is 1.64. The second kappa shape index (κ2) is 6.63. The smallest absolute Gasteiger partial charge is 0.224 e. The lowest BCUT2D eigenvalue weighted by molar-refractivity contribution is -0.136. The molecule has 1 aliphatic rings. The SMILES string of the molecule is CN(C(=O)CCc1ncc(-c2ccc(F)cc2F)o1)C1(C#N)CCC1. The Morgan fingerprint density at radius 2 is 2.20 bits per heavy atom. The lowest BCUT2D eigenvalue weighted by atomic mass is 9.76. The zero-order valence-corrected chi connectivity index (χ0v) is 13.8. The molecule has 1 heterocycles. The van der Waals surface area contributed by atoms with Crippen LogP contribution in [0.25, 0.3) is 11.3 Å². The minimum absolute atomic E-state index is 0.112. The number of aryl methyl sites for hydroxylation is 1. The molecule has 0 radical (unpaired) electrons. The number of halogens is 2. The highest BCUT2D eigenvalue weighted by atomic mass is 19.1. The highest BCUT2D eigenvalue weighted by molar-refractivity contribution is 5.77. The highest BCUT2D eigenvalue weighted by Gasteiger charge is 2.43. The number of amides is 1. The number of benzene rings is 1. The average molecular weight is 345 g/mol. The van der Waals surface area contributed by atoms with E-state index in [1.54, 1.807) is 7.05 Å². The molecule has 0 N–H and O–H groups in total. The van der Waals surface area contributed by atoms with E-state index in [2.05, 4.69) is 11.1 Å². The second-order valence-corrected chi connectivity index (χ2v) is 6.19. The van der Waals surface area contributed by atoms with Crippen molar-refractivity contribution in [3.8, 4) is 17.4 Å². The molecule has 1 aromatic heterocycles. The van der Waals surface area contributed by atoms with Gasteiger partial charge in [0.1, 0.15) is 17.2 Å². The van der Waals surface area contributed by atoms with E-state index in [1.807, 2.05) is 0 Å². The van der Waals surface area contributed by atoms with Crippen molar-refractivity contribution >= 4 is 5.91 Å². The van der Waals surface area contributed by atoms with Crippen LogP contribution in [0.1, 0.15) is 31.6 Å². The molecule has 0 bridgehead atoms. The van der Waals surface area contributed by atoms with E-state index in [0.717, 1.165) is 18.6 Å². The lowest BCUT2D eigenvalue weighted by Gasteiger charge is -2.42. The summed E-state index contributed by atoms with van der Waals surface area (Å²) in [4.78, 5) is 17.8. The molecule has 3 rings (SSSR count). The number of carbonyl (C=O) groups excluding carboxylic acids is 1. The molecule has 7 heteroatoms. The Labute approximate surface area is 143 Å². The average Bonchev–Trinajstić information content (AvgIpc) is 3.00. The van der Waals surface area contributed by atoms with Gasteiger partial charge in [0.15, 0.2) is 11.7 Å². The van der Waals surface area contributed by atoms with E-state index in [4.69, 9.17) is 4.42 Å². The summed E-state index contributed by atoms with van der Waals surface area (Å²) in [5.74, 6) is -1.09. The third-order valence-electron chi connectivity index (χ3n) is 4.71. The molecule has 130 valence electrons. The van der Waals surface area contributed by atoms with Crippen LogP contribution in [0.2, 0.25) is 0 Å². The first kappa shape index (κ1) is 17.1. The summed E-state index contributed by atoms with van der Waals surface area (Å²) < 4.78 is 32.2. The second-order valence-electron chi connectivity index (χ2n) is 6.19. The van der Waals surface area contributed by atoms with Gasteiger partial charge in [-0.25, -0.2) is 13.8 Å². The van der Waals surface area contributed by atoms with E-state index >= 15 is 0 Å². The number of hydrogen-bond acceptors (Lipinski definition) is 4. The maximum atomic E-state index is 13.8. The van der Waals surface area contributed by atoms with Crippen molar-refractivity contribution in [3.05, 3.63) is 41.9 Å². The van der Waals surface area contributed by atoms with Gasteiger partial charge in [0.2, 0.25) is 5.91 Å². The summed E-state index contributed by atoms with van der Waals surface area (Å²) in [6, 6.07) is 5.41. The number of hydrogen-bond donors (Lipinski definition) is 0. The number of oxazole rings is 1. The van der Waals surface area contributed by atoms with Crippen molar-refractivity contribution in [2.75, 3.05) is 7.05 Å². The molecule has 0 aliphatic heterocycles. The molecular weight excluding hydrogens is 328 g/mol. The number of rotatable bonds is 5. The molecule has 5 nitrogen and oxygen atoms in total. The van der Waals surface area contributed by atoms with E-state index in [0.29, 0.717) is 18.7 Å². The minimum atomic E-state index is -0.737. The largest absolute Gasteiger partial charge is 0.441 e. The van der Waals surface area contributed by atoms with Gasteiger partial charge in [-0.2, -0.15) is 5.26 Å². The van der Waals surface area contributed by atoms with Crippen LogP contribution >= 0.6 is 0 Å². The molecule has 1 aromatic carbocycles. The van der Waals surface area contributed by atoms with Crippen LogP contribution in [0.3, 0.4) is 0 Å². The third kappa shape index (κ3) is 3.25. The normalized spacial score (nSPS) is 15.3. The van der Waals surface area contributed by atoms with Gasteiger partial charge in [0.05, 0.1) is 17.8 Å². The van der Waals surface area contributed by atoms with Gasteiger partial charge >= 0.3 is 0 Å². The van der Waals surface area contributed by atoms with Crippen LogP contribution in [-0.2, 0) is 11.2 Å². The zero-order valence-electron chi connectivity index (χ0n) is 13.8. The van der Waals surface area contributed by atoms with Crippen LogP contribution in [0, 0.1) is 23.0 Å². The molecule has 0 saturated heterocycles. The first-order valence-corrected chi connectivity index (χ1v) is 8.03. The zero-order chi connectivity index (χ0) is 18.0. The Bertz CT molecular complexity index is 837. The molecule has 0 unspecified atom stereocenters. The first-order valence-electron chi connectivity index (χ1n) is 8.03. The molecule has 1 saturated carbocycles. The Morgan fingerprint density at radius 1 is 1.44 bits per heavy atom. The molecule has 25 heavy (non-hydrogen) atoms. The van der Waals surface area contributed by atoms with Crippen LogP contribution in [-0.4, -0.2) is 28.4 Å². The van der Waals surface area contributed by atoms with E-state index < -0.39 is 17.2 Å². The molecule has 0 spiro atoms. The van der Waals surface area contributed by atoms with E-state index in [1.165, 1.54) is 17.2 Å². The summed E-state index contributed by atoms with van der Waals surface area (Å²) in [5.41, 5.74) is -0.572. The van der Waals surface area contributed by atoms with Crippen LogP contribution in [0.5, 0.6) is 0 Å². The predicted octanol–water partition coefficient (Wildman–Crippen LogP) is 3.46. The van der Waals surface area contributed by atoms with Crippen molar-refractivity contribution in [3.63, 3.8) is 0 Å². The quantitative estimate of drug-likeness (QED) is 0.832. The third-order valence-corrected chi connectivity index (χ3v) is 4.71. The molecule has 2 aromatic rings. The Kier molecular flexibility index (Phi) is 4.53. The minimum Gasteiger partial charge on any atom is -0.441 e. The van der Waals surface area contributed by atoms with Crippen molar-refractivity contribution in [2.45, 2.75) is 37.6 Å². The fourth-order valence-corrected chi connectivity index (χ4v) is 2.89. The number of nitrogens with zero attached hydrogens (tertiary/aromatic N) is 3. The fraction of sp³-hybridized carbons (Fsp3) is 0.389. The van der Waals surface area contributed by atoms with Gasteiger partial charge in [0, 0.05) is 26.0 Å². The number of aromatic nitrogens is 1. The molecule has 1 fully saturated rings. The van der Waals surface area contributed by atoms with Crippen LogP contribution < -0.4 is 0 Å². The topological polar surface area (TPSA) is 70.1 Å². The van der Waals surface area contributed by atoms with Crippen molar-refractivity contribution in [1.82, 2.24) is 9.88 Å². The van der Waals surface area contributed by atoms with Gasteiger partial charge < -0.3 is 9.32 Å². The molecule has 1 amide bonds. The van der Waals surface area contributed by atoms with Gasteiger partial charge in [-0.3, -0.25) is 4.79 Å². The summed E-state index contributed by atoms with van der Waals surface area (Å²) in [6.07, 6.45) is 4.07. The van der Waals surface area contributed by atoms with Gasteiger partial charge in [-0.1, -0.05) is 0 Å². The van der Waals surface area contributed by atoms with Crippen molar-refractivity contribution < 1.29 is 18.0 Å². The van der Waals surface area contributed by atoms with Gasteiger partial charge in [-0.05, 0) is 31.4 Å². The Morgan fingerprint density at radius 3 is 2.80 bits per heavy atom. The lowest BCUT2D eigenvalue weighted by Crippen LogP contribution is -2.53.